The second-order valence-electron chi connectivity index (χ2n) is 4.62. The van der Waals surface area contributed by atoms with Crippen LogP contribution < -0.4 is 5.32 Å². The predicted octanol–water partition coefficient (Wildman–Crippen LogP) is 0.437. The molecule has 0 aliphatic rings. The van der Waals surface area contributed by atoms with Gasteiger partial charge in [-0.05, 0) is 0 Å². The van der Waals surface area contributed by atoms with Crippen molar-refractivity contribution in [3.63, 3.8) is 0 Å². The minimum atomic E-state index is -1.15. The summed E-state index contributed by atoms with van der Waals surface area (Å²) >= 11 is 0. The molecule has 0 radical (unpaired) electrons. The fourth-order valence-corrected chi connectivity index (χ4v) is 1.18. The number of carboxylic acids is 1. The highest BCUT2D eigenvalue weighted by atomic mass is 16.4. The molecule has 0 saturated carbocycles. The van der Waals surface area contributed by atoms with Gasteiger partial charge in [-0.1, -0.05) is 27.7 Å². The summed E-state index contributed by atoms with van der Waals surface area (Å²) in [5.41, 5.74) is -1.71. The van der Waals surface area contributed by atoms with E-state index in [0.717, 1.165) is 0 Å². The average Bonchev–Trinajstić information content (AvgIpc) is 2.12. The molecule has 5 heteroatoms. The Hall–Kier alpha value is -1.39. The van der Waals surface area contributed by atoms with Gasteiger partial charge >= 0.3 is 5.97 Å². The van der Waals surface area contributed by atoms with Gasteiger partial charge < -0.3 is 15.2 Å². The highest BCUT2D eigenvalue weighted by Crippen LogP contribution is 2.39. The Labute approximate surface area is 88.9 Å². The van der Waals surface area contributed by atoms with Crippen molar-refractivity contribution in [3.05, 3.63) is 0 Å². The molecule has 86 valence electrons. The monoisotopic (exact) mass is 215 g/mol. The summed E-state index contributed by atoms with van der Waals surface area (Å²) in [5.74, 6) is -1.15. The lowest BCUT2D eigenvalue weighted by molar-refractivity contribution is -0.147. The number of carboxylic acid groups (broad SMARTS) is 1. The maximum absolute atomic E-state index is 11.0. The molecule has 0 bridgehead atoms. The minimum Gasteiger partial charge on any atom is -0.480 e. The lowest BCUT2D eigenvalue weighted by atomic mass is 9.64. The number of rotatable bonds is 6. The predicted molar refractivity (Wildman–Crippen MR) is 54.2 cm³/mol. The molecule has 15 heavy (non-hydrogen) atoms. The van der Waals surface area contributed by atoms with E-state index in [0.29, 0.717) is 12.7 Å². The number of carbonyl (C=O) groups is 3. The van der Waals surface area contributed by atoms with Crippen LogP contribution in [0.1, 0.15) is 27.7 Å². The molecule has 1 amide bonds. The summed E-state index contributed by atoms with van der Waals surface area (Å²) in [6.45, 7) is 6.55. The van der Waals surface area contributed by atoms with Crippen LogP contribution in [0.3, 0.4) is 0 Å². The van der Waals surface area contributed by atoms with Gasteiger partial charge in [0.15, 0.2) is 0 Å². The van der Waals surface area contributed by atoms with Gasteiger partial charge in [0.1, 0.15) is 12.3 Å². The summed E-state index contributed by atoms with van der Waals surface area (Å²) in [5, 5.41) is 11.2. The number of nitrogens with one attached hydrogen (secondary N) is 1. The van der Waals surface area contributed by atoms with Crippen LogP contribution in [0.25, 0.3) is 0 Å². The lowest BCUT2D eigenvalue weighted by Gasteiger charge is -2.41. The average molecular weight is 215 g/mol. The van der Waals surface area contributed by atoms with E-state index in [4.69, 9.17) is 5.11 Å². The van der Waals surface area contributed by atoms with Gasteiger partial charge in [0, 0.05) is 10.8 Å². The van der Waals surface area contributed by atoms with Crippen molar-refractivity contribution in [2.45, 2.75) is 33.7 Å². The van der Waals surface area contributed by atoms with E-state index in [2.05, 4.69) is 5.32 Å². The first-order valence-corrected chi connectivity index (χ1v) is 4.59. The van der Waals surface area contributed by atoms with E-state index in [9.17, 15) is 14.4 Å². The molecule has 2 N–H and O–H groups in total. The second kappa shape index (κ2) is 4.42. The van der Waals surface area contributed by atoms with Gasteiger partial charge in [-0.2, -0.15) is 0 Å². The van der Waals surface area contributed by atoms with E-state index >= 15 is 0 Å². The molecule has 1 unspecified atom stereocenters. The first-order valence-electron chi connectivity index (χ1n) is 4.59. The van der Waals surface area contributed by atoms with Crippen LogP contribution in [-0.4, -0.2) is 29.8 Å². The van der Waals surface area contributed by atoms with Crippen molar-refractivity contribution in [1.29, 1.82) is 0 Å². The summed E-state index contributed by atoms with van der Waals surface area (Å²) in [6.07, 6.45) is 1.04. The molecule has 0 aliphatic heterocycles. The maximum atomic E-state index is 11.0. The van der Waals surface area contributed by atoms with Crippen molar-refractivity contribution >= 4 is 18.7 Å². The largest absolute Gasteiger partial charge is 0.480 e. The van der Waals surface area contributed by atoms with Crippen LogP contribution in [0.5, 0.6) is 0 Å². The Balaban J connectivity index is 5.18. The molecule has 0 heterocycles. The number of aldehydes is 1. The normalized spacial score (nSPS) is 14.1. The number of amides is 1. The molecule has 0 aromatic carbocycles. The fourth-order valence-electron chi connectivity index (χ4n) is 1.18. The topological polar surface area (TPSA) is 83.5 Å². The van der Waals surface area contributed by atoms with Crippen LogP contribution in [0, 0.1) is 10.8 Å². The third kappa shape index (κ3) is 2.55. The first-order chi connectivity index (χ1) is 6.70. The van der Waals surface area contributed by atoms with Crippen molar-refractivity contribution in [3.8, 4) is 0 Å². The fraction of sp³-hybridized carbons (Fsp3) is 0.700. The van der Waals surface area contributed by atoms with Crippen molar-refractivity contribution in [2.75, 3.05) is 0 Å². The van der Waals surface area contributed by atoms with E-state index in [-0.39, 0.29) is 0 Å². The number of hydrogen-bond donors (Lipinski definition) is 2. The Morgan fingerprint density at radius 3 is 2.00 bits per heavy atom. The smallest absolute Gasteiger partial charge is 0.326 e. The van der Waals surface area contributed by atoms with Crippen molar-refractivity contribution in [2.24, 2.45) is 10.8 Å². The molecule has 0 fully saturated rings. The summed E-state index contributed by atoms with van der Waals surface area (Å²) in [7, 11) is 0. The number of carbonyl (C=O) groups excluding carboxylic acids is 2. The van der Waals surface area contributed by atoms with Crippen LogP contribution >= 0.6 is 0 Å². The summed E-state index contributed by atoms with van der Waals surface area (Å²) in [6, 6.07) is -1.09. The standard InChI is InChI=1S/C10H17NO4/c1-9(2,5-12)10(3,4)7(8(14)15)11-6-13/h5-7H,1-4H3,(H,11,13)(H,14,15). The highest BCUT2D eigenvalue weighted by Gasteiger charge is 2.46. The van der Waals surface area contributed by atoms with E-state index < -0.39 is 22.8 Å². The molecule has 0 rings (SSSR count). The van der Waals surface area contributed by atoms with Gasteiger partial charge in [-0.15, -0.1) is 0 Å². The highest BCUT2D eigenvalue weighted by molar-refractivity contribution is 5.78. The van der Waals surface area contributed by atoms with Crippen molar-refractivity contribution in [1.82, 2.24) is 5.32 Å². The number of hydrogen-bond acceptors (Lipinski definition) is 3. The zero-order valence-electron chi connectivity index (χ0n) is 9.40. The van der Waals surface area contributed by atoms with E-state index in [1.54, 1.807) is 27.7 Å². The van der Waals surface area contributed by atoms with Crippen LogP contribution in [0.2, 0.25) is 0 Å². The molecule has 0 saturated heterocycles. The Kier molecular flexibility index (Phi) is 4.01. The summed E-state index contributed by atoms with van der Waals surface area (Å²) < 4.78 is 0. The molecular weight excluding hydrogens is 198 g/mol. The lowest BCUT2D eigenvalue weighted by Crippen LogP contribution is -2.54. The van der Waals surface area contributed by atoms with Gasteiger partial charge in [-0.3, -0.25) is 4.79 Å². The second-order valence-corrected chi connectivity index (χ2v) is 4.62. The quantitative estimate of drug-likeness (QED) is 0.629. The molecular formula is C10H17NO4. The first kappa shape index (κ1) is 13.6. The third-order valence-electron chi connectivity index (χ3n) is 3.16. The third-order valence-corrected chi connectivity index (χ3v) is 3.16. The molecule has 0 spiro atoms. The van der Waals surface area contributed by atoms with Gasteiger partial charge in [0.25, 0.3) is 0 Å². The minimum absolute atomic E-state index is 0.335. The van der Waals surface area contributed by atoms with Crippen LogP contribution in [-0.2, 0) is 14.4 Å². The molecule has 0 aliphatic carbocycles. The van der Waals surface area contributed by atoms with E-state index in [1.165, 1.54) is 0 Å². The zero-order chi connectivity index (χ0) is 12.3. The summed E-state index contributed by atoms with van der Waals surface area (Å²) in [4.78, 5) is 32.2. The van der Waals surface area contributed by atoms with Gasteiger partial charge in [-0.25, -0.2) is 4.79 Å². The van der Waals surface area contributed by atoms with Gasteiger partial charge in [0.05, 0.1) is 0 Å². The molecule has 1 atom stereocenters. The molecule has 0 aromatic heterocycles. The van der Waals surface area contributed by atoms with E-state index in [1.807, 2.05) is 0 Å². The van der Waals surface area contributed by atoms with Crippen LogP contribution in [0.4, 0.5) is 0 Å². The Morgan fingerprint density at radius 2 is 1.73 bits per heavy atom. The number of aliphatic carboxylic acids is 1. The zero-order valence-corrected chi connectivity index (χ0v) is 9.40. The van der Waals surface area contributed by atoms with Crippen LogP contribution in [0.15, 0.2) is 0 Å². The Morgan fingerprint density at radius 1 is 1.27 bits per heavy atom. The van der Waals surface area contributed by atoms with Gasteiger partial charge in [0.2, 0.25) is 6.41 Å². The maximum Gasteiger partial charge on any atom is 0.326 e. The van der Waals surface area contributed by atoms with Crippen molar-refractivity contribution < 1.29 is 19.5 Å². The Bertz CT molecular complexity index is 271. The SMILES string of the molecule is CC(C)(C=O)C(C)(C)C(NC=O)C(=O)O. The molecule has 0 aromatic rings. The molecule has 5 nitrogen and oxygen atoms in total.